The predicted octanol–water partition coefficient (Wildman–Crippen LogP) is 2.20. The molecular formula is C22H33FO5. The summed E-state index contributed by atoms with van der Waals surface area (Å²) in [6.07, 6.45) is 1.66. The average molecular weight is 396 g/mol. The number of fused-ring (bicyclic) bond motifs is 5. The van der Waals surface area contributed by atoms with Crippen LogP contribution < -0.4 is 0 Å². The molecule has 0 saturated heterocycles. The van der Waals surface area contributed by atoms with Gasteiger partial charge in [0, 0.05) is 23.7 Å². The summed E-state index contributed by atoms with van der Waals surface area (Å²) in [4.78, 5) is 24.6. The molecule has 0 aromatic heterocycles. The minimum absolute atomic E-state index is 0.00645. The van der Waals surface area contributed by atoms with Gasteiger partial charge in [-0.1, -0.05) is 20.8 Å². The van der Waals surface area contributed by atoms with Crippen LogP contribution in [0.15, 0.2) is 0 Å². The van der Waals surface area contributed by atoms with Crippen molar-refractivity contribution in [1.29, 1.82) is 0 Å². The van der Waals surface area contributed by atoms with Gasteiger partial charge in [0.1, 0.15) is 23.7 Å². The van der Waals surface area contributed by atoms with Crippen molar-refractivity contribution in [3.63, 3.8) is 0 Å². The van der Waals surface area contributed by atoms with Gasteiger partial charge in [0.15, 0.2) is 5.78 Å². The number of ketones is 2. The highest BCUT2D eigenvalue weighted by Crippen LogP contribution is 2.71. The lowest BCUT2D eigenvalue weighted by molar-refractivity contribution is -0.254. The maximum Gasteiger partial charge on any atom is 0.190 e. The maximum atomic E-state index is 17.0. The summed E-state index contributed by atoms with van der Waals surface area (Å²) in [7, 11) is 0. The van der Waals surface area contributed by atoms with Crippen molar-refractivity contribution in [2.75, 3.05) is 6.61 Å². The zero-order valence-corrected chi connectivity index (χ0v) is 17.1. The summed E-state index contributed by atoms with van der Waals surface area (Å²) in [5.41, 5.74) is -5.32. The monoisotopic (exact) mass is 396 g/mol. The van der Waals surface area contributed by atoms with Crippen molar-refractivity contribution in [2.24, 2.45) is 34.5 Å². The second-order valence-corrected chi connectivity index (χ2v) is 10.5. The fraction of sp³-hybridized carbons (Fsp3) is 0.909. The van der Waals surface area contributed by atoms with Crippen LogP contribution in [0.4, 0.5) is 4.39 Å². The molecule has 9 atom stereocenters. The van der Waals surface area contributed by atoms with E-state index in [0.717, 1.165) is 6.42 Å². The first-order valence-corrected chi connectivity index (χ1v) is 10.7. The lowest BCUT2D eigenvalue weighted by Crippen LogP contribution is -2.71. The van der Waals surface area contributed by atoms with Crippen LogP contribution >= 0.6 is 0 Å². The molecule has 4 saturated carbocycles. The molecule has 0 amide bonds. The van der Waals surface area contributed by atoms with E-state index in [4.69, 9.17) is 0 Å². The quantitative estimate of drug-likeness (QED) is 0.665. The number of carbonyl (C=O) groups excluding carboxylic acids is 2. The number of halogens is 1. The van der Waals surface area contributed by atoms with Crippen LogP contribution in [0, 0.1) is 34.5 Å². The van der Waals surface area contributed by atoms with Crippen LogP contribution in [0.2, 0.25) is 0 Å². The largest absolute Gasteiger partial charge is 0.390 e. The van der Waals surface area contributed by atoms with E-state index in [1.54, 1.807) is 13.8 Å². The second kappa shape index (κ2) is 6.08. The Labute approximate surface area is 165 Å². The highest BCUT2D eigenvalue weighted by molar-refractivity contribution is 5.90. The van der Waals surface area contributed by atoms with Crippen LogP contribution in [0.25, 0.3) is 0 Å². The summed E-state index contributed by atoms with van der Waals surface area (Å²) in [6, 6.07) is 0. The van der Waals surface area contributed by atoms with Gasteiger partial charge in [0.25, 0.3) is 0 Å². The summed E-state index contributed by atoms with van der Waals surface area (Å²) < 4.78 is 17.0. The molecule has 4 fully saturated rings. The van der Waals surface area contributed by atoms with Gasteiger partial charge < -0.3 is 15.3 Å². The molecule has 0 aromatic rings. The Hall–Kier alpha value is -0.850. The normalized spacial score (nSPS) is 56.0. The van der Waals surface area contributed by atoms with Gasteiger partial charge in [0.05, 0.1) is 6.10 Å². The number of Topliss-reactive ketones (excluding diaryl/α,β-unsaturated/α-hetero) is 2. The third-order valence-corrected chi connectivity index (χ3v) is 9.71. The lowest BCUT2D eigenvalue weighted by atomic mass is 9.42. The minimum atomic E-state index is -1.83. The van der Waals surface area contributed by atoms with Gasteiger partial charge >= 0.3 is 0 Å². The topological polar surface area (TPSA) is 94.8 Å². The third-order valence-electron chi connectivity index (χ3n) is 9.71. The molecule has 0 radical (unpaired) electrons. The molecule has 6 heteroatoms. The van der Waals surface area contributed by atoms with Gasteiger partial charge in [-0.25, -0.2) is 4.39 Å². The van der Waals surface area contributed by atoms with Gasteiger partial charge in [-0.15, -0.1) is 0 Å². The molecular weight excluding hydrogens is 363 g/mol. The molecule has 4 rings (SSSR count). The molecule has 4 aliphatic carbocycles. The SMILES string of the molecule is C[C@H]1C[C@H]2[C@@H]3CC[C@H]4CC(=O)CC[C@]4(C)[C@@]3(F)[C@@H](O)C[C@]2(C)[C@@]1(O)C(=O)CO. The molecule has 158 valence electrons. The van der Waals surface area contributed by atoms with Crippen LogP contribution in [0.5, 0.6) is 0 Å². The summed E-state index contributed by atoms with van der Waals surface area (Å²) in [5, 5.41) is 32.1. The van der Waals surface area contributed by atoms with Crippen LogP contribution in [0.3, 0.4) is 0 Å². The first kappa shape index (κ1) is 20.4. The zero-order chi connectivity index (χ0) is 20.7. The fourth-order valence-electron chi connectivity index (χ4n) is 8.10. The van der Waals surface area contributed by atoms with Crippen LogP contribution in [-0.4, -0.2) is 50.9 Å². The van der Waals surface area contributed by atoms with E-state index in [9.17, 15) is 24.9 Å². The molecule has 5 nitrogen and oxygen atoms in total. The number of hydrogen-bond donors (Lipinski definition) is 3. The van der Waals surface area contributed by atoms with Crippen molar-refractivity contribution in [3.05, 3.63) is 0 Å². The maximum absolute atomic E-state index is 17.0. The number of carbonyl (C=O) groups is 2. The number of alkyl halides is 1. The Morgan fingerprint density at radius 1 is 1.21 bits per heavy atom. The Bertz CT molecular complexity index is 711. The van der Waals surface area contributed by atoms with Crippen molar-refractivity contribution >= 4 is 11.6 Å². The standard InChI is InChI=1S/C22H33FO5/c1-12-8-16-15-5-4-13-9-14(25)6-7-19(13,2)21(15,23)17(26)10-20(16,3)22(12,28)18(27)11-24/h12-13,15-17,24,26,28H,4-11H2,1-3H3/t12-,13-,15-,16-,17-,19-,20-,21-,22-/m0/s1. The molecule has 0 aromatic carbocycles. The fourth-order valence-corrected chi connectivity index (χ4v) is 8.10. The second-order valence-electron chi connectivity index (χ2n) is 10.5. The molecule has 0 unspecified atom stereocenters. The van der Waals surface area contributed by atoms with E-state index in [2.05, 4.69) is 0 Å². The Morgan fingerprint density at radius 3 is 2.54 bits per heavy atom. The Morgan fingerprint density at radius 2 is 1.89 bits per heavy atom. The van der Waals surface area contributed by atoms with Crippen molar-refractivity contribution in [3.8, 4) is 0 Å². The molecule has 0 spiro atoms. The third kappa shape index (κ3) is 2.12. The average Bonchev–Trinajstić information content (AvgIpc) is 2.84. The number of hydrogen-bond acceptors (Lipinski definition) is 5. The number of aliphatic hydroxyl groups is 3. The van der Waals surface area contributed by atoms with Crippen molar-refractivity contribution < 1.29 is 29.3 Å². The molecule has 0 bridgehead atoms. The molecule has 0 heterocycles. The van der Waals surface area contributed by atoms with E-state index in [-0.39, 0.29) is 24.0 Å². The summed E-state index contributed by atoms with van der Waals surface area (Å²) in [5.74, 6) is -1.63. The van der Waals surface area contributed by atoms with E-state index >= 15 is 4.39 Å². The highest BCUT2D eigenvalue weighted by Gasteiger charge is 2.76. The Kier molecular flexibility index (Phi) is 4.44. The summed E-state index contributed by atoms with van der Waals surface area (Å²) in [6.45, 7) is 4.71. The predicted molar refractivity (Wildman–Crippen MR) is 100 cm³/mol. The first-order chi connectivity index (χ1) is 13.0. The molecule has 28 heavy (non-hydrogen) atoms. The van der Waals surface area contributed by atoms with E-state index in [1.807, 2.05) is 6.92 Å². The van der Waals surface area contributed by atoms with E-state index < -0.39 is 52.4 Å². The zero-order valence-electron chi connectivity index (χ0n) is 17.1. The van der Waals surface area contributed by atoms with Gasteiger partial charge in [-0.2, -0.15) is 0 Å². The van der Waals surface area contributed by atoms with Crippen LogP contribution in [-0.2, 0) is 9.59 Å². The first-order valence-electron chi connectivity index (χ1n) is 10.7. The van der Waals surface area contributed by atoms with Crippen molar-refractivity contribution in [1.82, 2.24) is 0 Å². The smallest absolute Gasteiger partial charge is 0.190 e. The highest BCUT2D eigenvalue weighted by atomic mass is 19.1. The minimum Gasteiger partial charge on any atom is -0.390 e. The molecule has 0 aliphatic heterocycles. The van der Waals surface area contributed by atoms with E-state index in [1.165, 1.54) is 0 Å². The molecule has 3 N–H and O–H groups in total. The van der Waals surface area contributed by atoms with Crippen molar-refractivity contribution in [2.45, 2.75) is 83.1 Å². The molecule has 4 aliphatic rings. The van der Waals surface area contributed by atoms with Gasteiger partial charge in [-0.05, 0) is 55.8 Å². The number of rotatable bonds is 2. The summed E-state index contributed by atoms with van der Waals surface area (Å²) >= 11 is 0. The number of aliphatic hydroxyl groups excluding tert-OH is 2. The Balaban J connectivity index is 1.79. The lowest BCUT2D eigenvalue weighted by Gasteiger charge is -2.65. The van der Waals surface area contributed by atoms with Gasteiger partial charge in [-0.3, -0.25) is 9.59 Å². The van der Waals surface area contributed by atoms with E-state index in [0.29, 0.717) is 32.1 Å². The van der Waals surface area contributed by atoms with Gasteiger partial charge in [0.2, 0.25) is 0 Å². The van der Waals surface area contributed by atoms with Crippen LogP contribution in [0.1, 0.15) is 65.7 Å².